The number of carbonyl (C=O) groups is 2. The zero-order valence-electron chi connectivity index (χ0n) is 15.1. The lowest BCUT2D eigenvalue weighted by Gasteiger charge is -2.58. The predicted molar refractivity (Wildman–Crippen MR) is 91.2 cm³/mol. The van der Waals surface area contributed by atoms with Crippen molar-refractivity contribution in [2.45, 2.75) is 71.9 Å². The molecule has 0 amide bonds. The molecule has 24 heavy (non-hydrogen) atoms. The van der Waals surface area contributed by atoms with Gasteiger partial charge in [-0.3, -0.25) is 9.59 Å². The van der Waals surface area contributed by atoms with E-state index in [4.69, 9.17) is 0 Å². The summed E-state index contributed by atoms with van der Waals surface area (Å²) in [5.74, 6) is 1.91. The van der Waals surface area contributed by atoms with Gasteiger partial charge < -0.3 is 0 Å². The largest absolute Gasteiger partial charge is 0.300 e. The van der Waals surface area contributed by atoms with Crippen LogP contribution in [0.5, 0.6) is 0 Å². The Morgan fingerprint density at radius 1 is 1.17 bits per heavy atom. The van der Waals surface area contributed by atoms with Gasteiger partial charge in [0.25, 0.3) is 0 Å². The fourth-order valence-corrected chi connectivity index (χ4v) is 7.23. The average molecular weight is 332 g/mol. The van der Waals surface area contributed by atoms with E-state index in [0.29, 0.717) is 36.4 Å². The maximum Gasteiger partial charge on any atom is 0.155 e. The lowest BCUT2D eigenvalue weighted by atomic mass is 9.46. The van der Waals surface area contributed by atoms with E-state index in [0.717, 1.165) is 37.7 Å². The van der Waals surface area contributed by atoms with Crippen molar-refractivity contribution < 1.29 is 14.0 Å². The summed E-state index contributed by atoms with van der Waals surface area (Å²) in [6, 6.07) is 0. The first-order valence-corrected chi connectivity index (χ1v) is 9.67. The third-order valence-electron chi connectivity index (χ3n) is 8.43. The Labute approximate surface area is 144 Å². The molecule has 0 saturated heterocycles. The van der Waals surface area contributed by atoms with Crippen molar-refractivity contribution in [3.8, 4) is 0 Å². The van der Waals surface area contributed by atoms with E-state index in [-0.39, 0.29) is 22.5 Å². The SMILES string of the molecule is CC(=O)[C@@H]1CC[C@@H]2[C@@H]3C[C@H](F)C4=CC(=O)CC[C@]4(C)[C@@H]3CC[C@@]21C. The van der Waals surface area contributed by atoms with Crippen LogP contribution in [0.25, 0.3) is 0 Å². The zero-order valence-corrected chi connectivity index (χ0v) is 15.1. The number of fused-ring (bicyclic) bond motifs is 5. The molecule has 3 fully saturated rings. The van der Waals surface area contributed by atoms with E-state index in [2.05, 4.69) is 13.8 Å². The first kappa shape index (κ1) is 16.5. The summed E-state index contributed by atoms with van der Waals surface area (Å²) in [6.45, 7) is 6.23. The van der Waals surface area contributed by atoms with Gasteiger partial charge in [-0.15, -0.1) is 0 Å². The monoisotopic (exact) mass is 332 g/mol. The normalized spacial score (nSPS) is 50.6. The molecule has 0 aromatic heterocycles. The molecule has 3 heteroatoms. The van der Waals surface area contributed by atoms with Gasteiger partial charge in [-0.25, -0.2) is 4.39 Å². The number of allylic oxidation sites excluding steroid dienone is 1. The van der Waals surface area contributed by atoms with Crippen LogP contribution < -0.4 is 0 Å². The summed E-state index contributed by atoms with van der Waals surface area (Å²) in [6.07, 6.45) is 6.80. The number of carbonyl (C=O) groups excluding carboxylic acids is 2. The molecule has 0 heterocycles. The quantitative estimate of drug-likeness (QED) is 0.699. The number of rotatable bonds is 1. The van der Waals surface area contributed by atoms with Gasteiger partial charge in [0.05, 0.1) is 0 Å². The van der Waals surface area contributed by atoms with Crippen molar-refractivity contribution in [3.63, 3.8) is 0 Å². The van der Waals surface area contributed by atoms with Crippen LogP contribution in [0.3, 0.4) is 0 Å². The predicted octanol–water partition coefficient (Wildman–Crippen LogP) is 4.67. The summed E-state index contributed by atoms with van der Waals surface area (Å²) >= 11 is 0. The van der Waals surface area contributed by atoms with Crippen LogP contribution in [-0.2, 0) is 9.59 Å². The molecule has 0 aromatic rings. The first-order valence-electron chi connectivity index (χ1n) is 9.67. The second-order valence-corrected chi connectivity index (χ2v) is 9.35. The van der Waals surface area contributed by atoms with Crippen LogP contribution in [-0.4, -0.2) is 17.7 Å². The van der Waals surface area contributed by atoms with Crippen molar-refractivity contribution in [1.82, 2.24) is 0 Å². The highest BCUT2D eigenvalue weighted by Gasteiger charge is 2.61. The molecule has 0 bridgehead atoms. The van der Waals surface area contributed by atoms with E-state index in [1.54, 1.807) is 13.0 Å². The van der Waals surface area contributed by atoms with Crippen LogP contribution in [0.2, 0.25) is 0 Å². The molecule has 0 aliphatic heterocycles. The van der Waals surface area contributed by atoms with E-state index >= 15 is 4.39 Å². The fraction of sp³-hybridized carbons (Fsp3) is 0.810. The minimum Gasteiger partial charge on any atom is -0.300 e. The molecule has 7 atom stereocenters. The third kappa shape index (κ3) is 2.05. The summed E-state index contributed by atoms with van der Waals surface area (Å²) in [5, 5.41) is 0. The Bertz CT molecular complexity index is 623. The van der Waals surface area contributed by atoms with Crippen molar-refractivity contribution >= 4 is 11.6 Å². The molecule has 0 radical (unpaired) electrons. The van der Waals surface area contributed by atoms with E-state index in [1.165, 1.54) is 0 Å². The maximum absolute atomic E-state index is 15.1. The molecular weight excluding hydrogens is 303 g/mol. The number of hydrogen-bond donors (Lipinski definition) is 0. The molecule has 4 aliphatic carbocycles. The van der Waals surface area contributed by atoms with Gasteiger partial charge in [0.2, 0.25) is 0 Å². The summed E-state index contributed by atoms with van der Waals surface area (Å²) in [5.41, 5.74) is 0.699. The molecule has 3 saturated carbocycles. The number of Topliss-reactive ketones (excluding diaryl/α,β-unsaturated/α-hetero) is 1. The van der Waals surface area contributed by atoms with Crippen LogP contribution in [0, 0.1) is 34.5 Å². The number of hydrogen-bond acceptors (Lipinski definition) is 2. The number of halogens is 1. The first-order chi connectivity index (χ1) is 11.3. The van der Waals surface area contributed by atoms with Gasteiger partial charge in [-0.05, 0) is 85.7 Å². The molecule has 4 aliphatic rings. The van der Waals surface area contributed by atoms with Gasteiger partial charge >= 0.3 is 0 Å². The molecule has 132 valence electrons. The Morgan fingerprint density at radius 3 is 2.62 bits per heavy atom. The molecule has 0 spiro atoms. The van der Waals surface area contributed by atoms with Crippen molar-refractivity contribution in [3.05, 3.63) is 11.6 Å². The number of ketones is 2. The second kappa shape index (κ2) is 5.25. The van der Waals surface area contributed by atoms with Crippen LogP contribution >= 0.6 is 0 Å². The van der Waals surface area contributed by atoms with E-state index in [1.807, 2.05) is 0 Å². The Kier molecular flexibility index (Phi) is 3.61. The summed E-state index contributed by atoms with van der Waals surface area (Å²) in [4.78, 5) is 24.0. The van der Waals surface area contributed by atoms with Crippen molar-refractivity contribution in [1.29, 1.82) is 0 Å². The summed E-state index contributed by atoms with van der Waals surface area (Å²) < 4.78 is 15.1. The van der Waals surface area contributed by atoms with Gasteiger partial charge in [0, 0.05) is 12.3 Å². The highest BCUT2D eigenvalue weighted by atomic mass is 19.1. The van der Waals surface area contributed by atoms with Crippen molar-refractivity contribution in [2.24, 2.45) is 34.5 Å². The highest BCUT2D eigenvalue weighted by Crippen LogP contribution is 2.66. The maximum atomic E-state index is 15.1. The Balaban J connectivity index is 1.71. The molecule has 2 nitrogen and oxygen atoms in total. The van der Waals surface area contributed by atoms with Gasteiger partial charge in [0.1, 0.15) is 12.0 Å². The molecule has 0 unspecified atom stereocenters. The number of alkyl halides is 1. The van der Waals surface area contributed by atoms with Crippen LogP contribution in [0.1, 0.15) is 65.7 Å². The topological polar surface area (TPSA) is 34.1 Å². The minimum atomic E-state index is -0.973. The van der Waals surface area contributed by atoms with Crippen molar-refractivity contribution in [2.75, 3.05) is 0 Å². The lowest BCUT2D eigenvalue weighted by molar-refractivity contribution is -0.129. The molecule has 0 N–H and O–H groups in total. The van der Waals surface area contributed by atoms with Crippen LogP contribution in [0.15, 0.2) is 11.6 Å². The van der Waals surface area contributed by atoms with E-state index < -0.39 is 6.17 Å². The Hall–Kier alpha value is -0.990. The van der Waals surface area contributed by atoms with Crippen LogP contribution in [0.4, 0.5) is 4.39 Å². The highest BCUT2D eigenvalue weighted by molar-refractivity contribution is 5.91. The van der Waals surface area contributed by atoms with Gasteiger partial charge in [-0.1, -0.05) is 13.8 Å². The Morgan fingerprint density at radius 2 is 1.92 bits per heavy atom. The third-order valence-corrected chi connectivity index (χ3v) is 8.43. The standard InChI is InChI=1S/C21H29FO2/c1-12(23)15-4-5-16-14-11-19(22)18-10-13(24)6-8-21(18,3)17(14)7-9-20(15,16)2/h10,14-17,19H,4-9,11H2,1-3H3/t14-,15-,16+,17+,19-,20+,21+/m0/s1. The fourth-order valence-electron chi connectivity index (χ4n) is 7.23. The lowest BCUT2D eigenvalue weighted by Crippen LogP contribution is -2.53. The molecule has 0 aromatic carbocycles. The summed E-state index contributed by atoms with van der Waals surface area (Å²) in [7, 11) is 0. The zero-order chi connectivity index (χ0) is 17.3. The molecule has 4 rings (SSSR count). The van der Waals surface area contributed by atoms with Gasteiger partial charge in [-0.2, -0.15) is 0 Å². The minimum absolute atomic E-state index is 0.0643. The van der Waals surface area contributed by atoms with E-state index in [9.17, 15) is 9.59 Å². The second-order valence-electron chi connectivity index (χ2n) is 9.35. The smallest absolute Gasteiger partial charge is 0.155 e. The van der Waals surface area contributed by atoms with Gasteiger partial charge in [0.15, 0.2) is 5.78 Å². The average Bonchev–Trinajstić information content (AvgIpc) is 2.87. The molecular formula is C21H29FO2.